The highest BCUT2D eigenvalue weighted by Crippen LogP contribution is 2.33. The molecule has 0 spiro atoms. The number of aliphatic hydroxyl groups is 1. The molecule has 1 saturated heterocycles. The van der Waals surface area contributed by atoms with Gasteiger partial charge in [-0.3, -0.25) is 29.0 Å². The van der Waals surface area contributed by atoms with Crippen molar-refractivity contribution >= 4 is 59.1 Å². The lowest BCUT2D eigenvalue weighted by atomic mass is 9.79. The molecule has 0 radical (unpaired) electrons. The van der Waals surface area contributed by atoms with E-state index < -0.39 is 115 Å². The molecule has 0 aromatic heterocycles. The Labute approximate surface area is 318 Å². The number of β-amino-alcohol motifs (C(OH)–C–C–N with tert-alkyl or cyclic N) is 1. The van der Waals surface area contributed by atoms with E-state index in [-0.39, 0.29) is 37.6 Å². The van der Waals surface area contributed by atoms with Crippen LogP contribution >= 0.6 is 0 Å². The summed E-state index contributed by atoms with van der Waals surface area (Å²) in [5, 5.41) is 56.6. The summed E-state index contributed by atoms with van der Waals surface area (Å²) in [5.74, 6) is -13.5. The van der Waals surface area contributed by atoms with Crippen LogP contribution in [-0.4, -0.2) is 157 Å². The lowest BCUT2D eigenvalue weighted by molar-refractivity contribution is -0.169. The Hall–Kier alpha value is -4.66. The Kier molecular flexibility index (Phi) is 21.9. The van der Waals surface area contributed by atoms with Crippen LogP contribution < -0.4 is 5.32 Å². The Bertz CT molecular complexity index is 1380. The summed E-state index contributed by atoms with van der Waals surface area (Å²) in [6.45, 7) is 7.62. The number of aliphatic carboxylic acids is 5. The monoisotopic (exact) mass is 789 g/mol. The van der Waals surface area contributed by atoms with Gasteiger partial charge in [-0.25, -0.2) is 28.8 Å². The van der Waals surface area contributed by atoms with Gasteiger partial charge in [0.05, 0.1) is 5.54 Å². The number of aliphatic hydroxyl groups excluding tert-OH is 1. The number of Topliss-reactive ketones (excluding diaryl/α,β-unsaturated/α-hetero) is 3. The van der Waals surface area contributed by atoms with Crippen LogP contribution in [0.2, 0.25) is 0 Å². The summed E-state index contributed by atoms with van der Waals surface area (Å²) in [6, 6.07) is -2.81. The lowest BCUT2D eigenvalue weighted by Crippen LogP contribution is -2.61. The van der Waals surface area contributed by atoms with Crippen LogP contribution in [0.4, 0.5) is 0 Å². The summed E-state index contributed by atoms with van der Waals surface area (Å²) in [4.78, 5) is 121. The number of carboxylic acids is 5. The van der Waals surface area contributed by atoms with Gasteiger partial charge in [-0.1, -0.05) is 27.7 Å². The number of nitrogens with zero attached hydrogens (tertiary/aromatic N) is 2. The molecule has 4 atom stereocenters. The van der Waals surface area contributed by atoms with Crippen molar-refractivity contribution in [3.63, 3.8) is 0 Å². The number of likely N-dealkylation sites (N-methyl/N-ethyl adjacent to an activating group) is 2. The predicted molar refractivity (Wildman–Crippen MR) is 189 cm³/mol. The molecule has 1 fully saturated rings. The van der Waals surface area contributed by atoms with Gasteiger partial charge in [0.2, 0.25) is 11.6 Å². The molecule has 55 heavy (non-hydrogen) atoms. The first-order chi connectivity index (χ1) is 25.4. The maximum Gasteiger partial charge on any atom is 0.374 e. The molecule has 0 amide bonds. The maximum atomic E-state index is 13.4. The molecule has 0 aromatic carbocycles. The van der Waals surface area contributed by atoms with Gasteiger partial charge in [0.15, 0.2) is 6.10 Å². The Balaban J connectivity index is 0.00000173. The molecule has 1 heterocycles. The normalized spacial score (nSPS) is 16.1. The van der Waals surface area contributed by atoms with E-state index >= 15 is 0 Å². The average molecular weight is 790 g/mol. The van der Waals surface area contributed by atoms with Crippen LogP contribution in [0.1, 0.15) is 91.9 Å². The Morgan fingerprint density at radius 3 is 1.65 bits per heavy atom. The number of ether oxygens (including phenoxy) is 1. The zero-order valence-electron chi connectivity index (χ0n) is 32.0. The molecule has 312 valence electrons. The second-order valence-electron chi connectivity index (χ2n) is 14.1. The largest absolute Gasteiger partial charge is 0.480 e. The minimum Gasteiger partial charge on any atom is -0.480 e. The van der Waals surface area contributed by atoms with Crippen molar-refractivity contribution in [2.75, 3.05) is 27.2 Å². The van der Waals surface area contributed by atoms with E-state index in [1.807, 2.05) is 13.8 Å². The topological polar surface area (TPSA) is 320 Å². The highest BCUT2D eigenvalue weighted by atomic mass is 16.6. The van der Waals surface area contributed by atoms with Crippen molar-refractivity contribution in [2.45, 2.75) is 122 Å². The summed E-state index contributed by atoms with van der Waals surface area (Å²) < 4.78 is 5.17. The molecule has 1 rings (SSSR count). The zero-order valence-corrected chi connectivity index (χ0v) is 32.0. The van der Waals surface area contributed by atoms with Gasteiger partial charge in [0.1, 0.15) is 18.1 Å². The van der Waals surface area contributed by atoms with Gasteiger partial charge in [-0.15, -0.1) is 0 Å². The summed E-state index contributed by atoms with van der Waals surface area (Å²) in [6.07, 6.45) is -2.40. The van der Waals surface area contributed by atoms with Gasteiger partial charge in [0, 0.05) is 19.4 Å². The summed E-state index contributed by atoms with van der Waals surface area (Å²) in [7, 11) is 2.78. The molecule has 0 saturated carbocycles. The van der Waals surface area contributed by atoms with Crippen LogP contribution in [0.3, 0.4) is 0 Å². The third-order valence-corrected chi connectivity index (χ3v) is 9.07. The fraction of sp³-hybridized carbons (Fsp3) is 0.714. The Morgan fingerprint density at radius 1 is 0.782 bits per heavy atom. The van der Waals surface area contributed by atoms with Crippen molar-refractivity contribution in [3.05, 3.63) is 0 Å². The van der Waals surface area contributed by atoms with Crippen LogP contribution in [0.25, 0.3) is 0 Å². The molecule has 7 N–H and O–H groups in total. The number of carbonyl (C=O) groups is 10. The van der Waals surface area contributed by atoms with Crippen molar-refractivity contribution in [1.82, 2.24) is 15.1 Å². The van der Waals surface area contributed by atoms with Crippen molar-refractivity contribution in [1.29, 1.82) is 0 Å². The van der Waals surface area contributed by atoms with E-state index in [1.54, 1.807) is 13.8 Å². The number of hydrogen-bond donors (Lipinski definition) is 7. The average Bonchev–Trinajstić information content (AvgIpc) is 3.56. The molecule has 0 aromatic rings. The standard InChI is InChI=1S/C27H42N2O12.C8H13NO5/c1-15(2)13-17(28-5)25(39)41-26(40)18(14-16(3)4)29(6)27(21(32)24(37)38,11-7-9-19(30)22(33)34)12-8-10-20(31)23(35)36;10-6(8(13)14)4-9-3-1-2-5(9)7(11)12/h15-18,28H,7-14H2,1-6H3,(H,33,34)(H,35,36)(H,37,38);5-6,10H,1-4H2,(H,11,12)(H,13,14)/t17?,18-;5-,6-/m00/s1. The lowest BCUT2D eigenvalue weighted by Gasteiger charge is -2.43. The smallest absolute Gasteiger partial charge is 0.374 e. The number of nitrogens with one attached hydrogen (secondary N) is 1. The van der Waals surface area contributed by atoms with Crippen molar-refractivity contribution in [3.8, 4) is 0 Å². The number of carbonyl (C=O) groups excluding carboxylic acids is 5. The third kappa shape index (κ3) is 16.7. The van der Waals surface area contributed by atoms with E-state index in [1.165, 1.54) is 19.0 Å². The number of rotatable bonds is 25. The minimum atomic E-state index is -2.08. The van der Waals surface area contributed by atoms with E-state index in [0.29, 0.717) is 19.4 Å². The molecule has 0 bridgehead atoms. The third-order valence-electron chi connectivity index (χ3n) is 9.07. The van der Waals surface area contributed by atoms with Crippen molar-refractivity contribution in [2.24, 2.45) is 11.8 Å². The van der Waals surface area contributed by atoms with E-state index in [9.17, 15) is 53.1 Å². The first-order valence-corrected chi connectivity index (χ1v) is 17.8. The quantitative estimate of drug-likeness (QED) is 0.0365. The van der Waals surface area contributed by atoms with E-state index in [4.69, 9.17) is 30.3 Å². The van der Waals surface area contributed by atoms with Crippen molar-refractivity contribution < 1.29 is 83.3 Å². The van der Waals surface area contributed by atoms with E-state index in [2.05, 4.69) is 5.32 Å². The molecule has 0 aliphatic carbocycles. The number of carboxylic acid groups (broad SMARTS) is 5. The number of esters is 2. The Morgan fingerprint density at radius 2 is 1.27 bits per heavy atom. The highest BCUT2D eigenvalue weighted by Gasteiger charge is 2.49. The van der Waals surface area contributed by atoms with Crippen LogP contribution in [-0.2, 0) is 52.7 Å². The SMILES string of the molecule is CNC(CC(C)C)C(=O)OC(=O)[C@H](CC(C)C)N(C)C(CCCC(=O)C(=O)O)(CCCC(=O)C(=O)O)C(=O)C(=O)O.O=C(O)[C@@H](O)CN1CCC[C@H]1C(=O)O. The van der Waals surface area contributed by atoms with Gasteiger partial charge < -0.3 is 40.7 Å². The van der Waals surface area contributed by atoms with Crippen LogP contribution in [0.5, 0.6) is 0 Å². The molecule has 20 nitrogen and oxygen atoms in total. The predicted octanol–water partition coefficient (Wildman–Crippen LogP) is 0.0582. The molecular formula is C35H55N3O17. The second kappa shape index (κ2) is 24.0. The van der Waals surface area contributed by atoms with Gasteiger partial charge in [-0.05, 0) is 83.8 Å². The first kappa shape index (κ1) is 50.3. The fourth-order valence-corrected chi connectivity index (χ4v) is 6.18. The molecule has 1 aliphatic rings. The van der Waals surface area contributed by atoms with E-state index in [0.717, 1.165) is 11.3 Å². The molecule has 1 unspecified atom stereocenters. The minimum absolute atomic E-state index is 0.00771. The molecule has 20 heteroatoms. The van der Waals surface area contributed by atoms with Gasteiger partial charge in [0.25, 0.3) is 5.78 Å². The number of ketones is 3. The second-order valence-corrected chi connectivity index (χ2v) is 14.1. The molecule has 1 aliphatic heterocycles. The fourth-order valence-electron chi connectivity index (χ4n) is 6.18. The summed E-state index contributed by atoms with van der Waals surface area (Å²) in [5.41, 5.74) is -2.08. The number of hydrogen-bond acceptors (Lipinski definition) is 15. The van der Waals surface area contributed by atoms with Crippen LogP contribution in [0, 0.1) is 11.8 Å². The zero-order chi connectivity index (χ0) is 42.8. The van der Waals surface area contributed by atoms with Crippen LogP contribution in [0.15, 0.2) is 0 Å². The molecular weight excluding hydrogens is 734 g/mol. The van der Waals surface area contributed by atoms with Gasteiger partial charge >= 0.3 is 41.8 Å². The highest BCUT2D eigenvalue weighted by molar-refractivity contribution is 6.36. The first-order valence-electron chi connectivity index (χ1n) is 17.8. The number of likely N-dealkylation sites (tertiary alicyclic amines) is 1. The van der Waals surface area contributed by atoms with Gasteiger partial charge in [-0.2, -0.15) is 0 Å². The summed E-state index contributed by atoms with van der Waals surface area (Å²) >= 11 is 0. The maximum absolute atomic E-state index is 13.4.